The van der Waals surface area contributed by atoms with Crippen LogP contribution in [0.3, 0.4) is 0 Å². The molecule has 0 saturated carbocycles. The van der Waals surface area contributed by atoms with Crippen molar-refractivity contribution < 1.29 is 5.11 Å². The summed E-state index contributed by atoms with van der Waals surface area (Å²) in [4.78, 5) is 0. The smallest absolute Gasteiger partial charge is 0.0686 e. The average Bonchev–Trinajstić information content (AvgIpc) is 2.76. The van der Waals surface area contributed by atoms with E-state index in [1.54, 1.807) is 11.8 Å². The highest BCUT2D eigenvalue weighted by molar-refractivity contribution is 8.00. The quantitative estimate of drug-likeness (QED) is 0.830. The standard InChI is InChI=1S/C15H28N2OS/c1-6-13(7-2)17-9-8-12(16-17)10-14(18)11-19-15(3,4)5/h8-9,13-14,18H,6-7,10-11H2,1-5H3. The Morgan fingerprint density at radius 1 is 1.32 bits per heavy atom. The highest BCUT2D eigenvalue weighted by Crippen LogP contribution is 2.24. The molecule has 1 unspecified atom stereocenters. The van der Waals surface area contributed by atoms with Crippen molar-refractivity contribution in [2.45, 2.75) is 70.8 Å². The normalized spacial score (nSPS) is 14.1. The summed E-state index contributed by atoms with van der Waals surface area (Å²) in [5, 5.41) is 14.6. The van der Waals surface area contributed by atoms with E-state index in [2.05, 4.69) is 39.7 Å². The van der Waals surface area contributed by atoms with Gasteiger partial charge in [-0.3, -0.25) is 4.68 Å². The van der Waals surface area contributed by atoms with E-state index in [4.69, 9.17) is 0 Å². The van der Waals surface area contributed by atoms with Gasteiger partial charge in [0.2, 0.25) is 0 Å². The molecule has 0 bridgehead atoms. The molecule has 0 aliphatic carbocycles. The van der Waals surface area contributed by atoms with Crippen molar-refractivity contribution in [2.24, 2.45) is 0 Å². The van der Waals surface area contributed by atoms with Crippen molar-refractivity contribution in [1.29, 1.82) is 0 Å². The minimum absolute atomic E-state index is 0.204. The molecule has 1 atom stereocenters. The number of aliphatic hydroxyl groups is 1. The third kappa shape index (κ3) is 6.00. The Labute approximate surface area is 121 Å². The van der Waals surface area contributed by atoms with Gasteiger partial charge in [-0.2, -0.15) is 16.9 Å². The fourth-order valence-corrected chi connectivity index (χ4v) is 2.81. The Hall–Kier alpha value is -0.480. The second kappa shape index (κ2) is 7.34. The van der Waals surface area contributed by atoms with Crippen LogP contribution < -0.4 is 0 Å². The Bertz CT molecular complexity index is 366. The molecule has 0 aliphatic heterocycles. The van der Waals surface area contributed by atoms with E-state index in [9.17, 15) is 5.11 Å². The summed E-state index contributed by atoms with van der Waals surface area (Å²) in [5.41, 5.74) is 0.994. The molecule has 0 saturated heterocycles. The SMILES string of the molecule is CCC(CC)n1ccc(CC(O)CSC(C)(C)C)n1. The topological polar surface area (TPSA) is 38.0 Å². The number of aliphatic hydroxyl groups excluding tert-OH is 1. The zero-order valence-electron chi connectivity index (χ0n) is 12.9. The first kappa shape index (κ1) is 16.6. The zero-order chi connectivity index (χ0) is 14.5. The van der Waals surface area contributed by atoms with Crippen LogP contribution in [0.15, 0.2) is 12.3 Å². The van der Waals surface area contributed by atoms with Crippen LogP contribution in [0.5, 0.6) is 0 Å². The monoisotopic (exact) mass is 284 g/mol. The van der Waals surface area contributed by atoms with Crippen LogP contribution in [0.25, 0.3) is 0 Å². The van der Waals surface area contributed by atoms with E-state index < -0.39 is 0 Å². The first-order valence-corrected chi connectivity index (χ1v) is 8.20. The second-order valence-corrected chi connectivity index (χ2v) is 7.89. The van der Waals surface area contributed by atoms with Crippen molar-refractivity contribution in [3.8, 4) is 0 Å². The molecule has 1 aromatic heterocycles. The van der Waals surface area contributed by atoms with Crippen molar-refractivity contribution in [2.75, 3.05) is 5.75 Å². The summed E-state index contributed by atoms with van der Waals surface area (Å²) in [7, 11) is 0. The van der Waals surface area contributed by atoms with Gasteiger partial charge >= 0.3 is 0 Å². The third-order valence-corrected chi connectivity index (χ3v) is 4.55. The summed E-state index contributed by atoms with van der Waals surface area (Å²) in [6, 6.07) is 2.51. The summed E-state index contributed by atoms with van der Waals surface area (Å²) in [5.74, 6) is 0.765. The predicted molar refractivity (Wildman–Crippen MR) is 83.8 cm³/mol. The largest absolute Gasteiger partial charge is 0.392 e. The van der Waals surface area contributed by atoms with Gasteiger partial charge in [-0.05, 0) is 18.9 Å². The summed E-state index contributed by atoms with van der Waals surface area (Å²) in [6.45, 7) is 10.9. The van der Waals surface area contributed by atoms with Crippen LogP contribution in [-0.2, 0) is 6.42 Å². The van der Waals surface area contributed by atoms with Gasteiger partial charge in [0.15, 0.2) is 0 Å². The minimum Gasteiger partial charge on any atom is -0.392 e. The number of hydrogen-bond acceptors (Lipinski definition) is 3. The molecule has 1 heterocycles. The van der Waals surface area contributed by atoms with Crippen molar-refractivity contribution >= 4 is 11.8 Å². The van der Waals surface area contributed by atoms with Gasteiger partial charge in [-0.15, -0.1) is 0 Å². The van der Waals surface area contributed by atoms with Gasteiger partial charge in [0, 0.05) is 23.1 Å². The Kier molecular flexibility index (Phi) is 6.40. The Morgan fingerprint density at radius 2 is 1.95 bits per heavy atom. The molecular weight excluding hydrogens is 256 g/mol. The molecule has 0 fully saturated rings. The molecule has 0 amide bonds. The number of rotatable bonds is 7. The molecule has 1 rings (SSSR count). The van der Waals surface area contributed by atoms with Crippen molar-refractivity contribution in [1.82, 2.24) is 9.78 Å². The lowest BCUT2D eigenvalue weighted by Crippen LogP contribution is -2.19. The fraction of sp³-hybridized carbons (Fsp3) is 0.800. The van der Waals surface area contributed by atoms with E-state index in [0.29, 0.717) is 12.5 Å². The van der Waals surface area contributed by atoms with Gasteiger partial charge in [0.25, 0.3) is 0 Å². The number of aromatic nitrogens is 2. The lowest BCUT2D eigenvalue weighted by atomic mass is 10.2. The van der Waals surface area contributed by atoms with Crippen LogP contribution in [0.1, 0.15) is 59.2 Å². The van der Waals surface area contributed by atoms with E-state index >= 15 is 0 Å². The van der Waals surface area contributed by atoms with Crippen molar-refractivity contribution in [3.63, 3.8) is 0 Å². The molecule has 0 radical (unpaired) electrons. The van der Waals surface area contributed by atoms with Gasteiger partial charge in [-0.25, -0.2) is 0 Å². The molecule has 1 N–H and O–H groups in total. The Balaban J connectivity index is 2.49. The van der Waals surface area contributed by atoms with Crippen LogP contribution in [0.2, 0.25) is 0 Å². The van der Waals surface area contributed by atoms with Gasteiger partial charge in [0.1, 0.15) is 0 Å². The van der Waals surface area contributed by atoms with E-state index in [1.165, 1.54) is 0 Å². The number of nitrogens with zero attached hydrogens (tertiary/aromatic N) is 2. The van der Waals surface area contributed by atoms with Crippen LogP contribution in [0, 0.1) is 0 Å². The highest BCUT2D eigenvalue weighted by Gasteiger charge is 2.16. The molecular formula is C15H28N2OS. The fourth-order valence-electron chi connectivity index (χ4n) is 2.00. The molecule has 4 heteroatoms. The maximum absolute atomic E-state index is 10.1. The molecule has 0 spiro atoms. The lowest BCUT2D eigenvalue weighted by Gasteiger charge is -2.19. The highest BCUT2D eigenvalue weighted by atomic mass is 32.2. The number of thioether (sulfide) groups is 1. The summed E-state index contributed by atoms with van der Waals surface area (Å²) < 4.78 is 2.24. The van der Waals surface area contributed by atoms with Crippen LogP contribution >= 0.6 is 11.8 Å². The molecule has 0 aromatic carbocycles. The summed E-state index contributed by atoms with van der Waals surface area (Å²) >= 11 is 1.80. The van der Waals surface area contributed by atoms with Crippen molar-refractivity contribution in [3.05, 3.63) is 18.0 Å². The zero-order valence-corrected chi connectivity index (χ0v) is 13.7. The summed E-state index contributed by atoms with van der Waals surface area (Å²) in [6.07, 6.45) is 4.57. The van der Waals surface area contributed by atoms with E-state index in [1.807, 2.05) is 16.9 Å². The molecule has 1 aromatic rings. The molecule has 19 heavy (non-hydrogen) atoms. The Morgan fingerprint density at radius 3 is 2.47 bits per heavy atom. The minimum atomic E-state index is -0.311. The molecule has 3 nitrogen and oxygen atoms in total. The van der Waals surface area contributed by atoms with Crippen LogP contribution in [-0.4, -0.2) is 31.5 Å². The van der Waals surface area contributed by atoms with Gasteiger partial charge < -0.3 is 5.11 Å². The second-order valence-electron chi connectivity index (χ2n) is 6.04. The van der Waals surface area contributed by atoms with E-state index in [0.717, 1.165) is 24.3 Å². The van der Waals surface area contributed by atoms with Gasteiger partial charge in [-0.1, -0.05) is 34.6 Å². The molecule has 110 valence electrons. The van der Waals surface area contributed by atoms with Gasteiger partial charge in [0.05, 0.1) is 17.8 Å². The first-order chi connectivity index (χ1) is 8.85. The van der Waals surface area contributed by atoms with E-state index in [-0.39, 0.29) is 10.9 Å². The maximum atomic E-state index is 10.1. The predicted octanol–water partition coefficient (Wildman–Crippen LogP) is 3.68. The number of hydrogen-bond donors (Lipinski definition) is 1. The average molecular weight is 284 g/mol. The lowest BCUT2D eigenvalue weighted by molar-refractivity contribution is 0.198. The van der Waals surface area contributed by atoms with Crippen LogP contribution in [0.4, 0.5) is 0 Å². The first-order valence-electron chi connectivity index (χ1n) is 7.21. The molecule has 0 aliphatic rings. The third-order valence-electron chi connectivity index (χ3n) is 3.13. The maximum Gasteiger partial charge on any atom is 0.0686 e.